The van der Waals surface area contributed by atoms with Gasteiger partial charge < -0.3 is 5.32 Å². The molecule has 1 aromatic rings. The molecule has 0 spiro atoms. The van der Waals surface area contributed by atoms with Gasteiger partial charge in [-0.05, 0) is 24.5 Å². The molecule has 90 valence electrons. The average molecular weight is 233 g/mol. The van der Waals surface area contributed by atoms with E-state index in [4.69, 9.17) is 6.42 Å². The molecule has 3 heteroatoms. The van der Waals surface area contributed by atoms with E-state index in [0.717, 1.165) is 19.3 Å². The van der Waals surface area contributed by atoms with Gasteiger partial charge in [0.1, 0.15) is 5.82 Å². The van der Waals surface area contributed by atoms with Crippen LogP contribution >= 0.6 is 0 Å². The molecule has 0 aliphatic heterocycles. The lowest BCUT2D eigenvalue weighted by atomic mass is 10.1. The monoisotopic (exact) mass is 233 g/mol. The van der Waals surface area contributed by atoms with E-state index in [1.54, 1.807) is 18.2 Å². The van der Waals surface area contributed by atoms with Crippen molar-refractivity contribution < 1.29 is 9.18 Å². The number of halogens is 1. The van der Waals surface area contributed by atoms with Gasteiger partial charge in [-0.3, -0.25) is 4.79 Å². The van der Waals surface area contributed by atoms with Crippen molar-refractivity contribution in [1.29, 1.82) is 0 Å². The Morgan fingerprint density at radius 1 is 1.35 bits per heavy atom. The lowest BCUT2D eigenvalue weighted by Gasteiger charge is -2.05. The maximum Gasteiger partial charge on any atom is 0.224 e. The fourth-order valence-electron chi connectivity index (χ4n) is 1.46. The van der Waals surface area contributed by atoms with E-state index in [1.165, 1.54) is 6.07 Å². The molecule has 0 bridgehead atoms. The highest BCUT2D eigenvalue weighted by atomic mass is 19.1. The minimum absolute atomic E-state index is 0.0851. The molecule has 1 amide bonds. The summed E-state index contributed by atoms with van der Waals surface area (Å²) in [4.78, 5) is 11.5. The Morgan fingerprint density at radius 2 is 2.12 bits per heavy atom. The highest BCUT2D eigenvalue weighted by molar-refractivity contribution is 5.78. The molecule has 0 aliphatic rings. The average Bonchev–Trinajstić information content (AvgIpc) is 2.32. The summed E-state index contributed by atoms with van der Waals surface area (Å²) in [6.07, 6.45) is 7.67. The number of unbranched alkanes of at least 4 members (excludes halogenated alkanes) is 2. The lowest BCUT2D eigenvalue weighted by Crippen LogP contribution is -2.26. The third kappa shape index (κ3) is 5.17. The normalized spacial score (nSPS) is 9.65. The van der Waals surface area contributed by atoms with Gasteiger partial charge in [0, 0.05) is 13.0 Å². The second-order valence-electron chi connectivity index (χ2n) is 3.78. The first-order valence-electron chi connectivity index (χ1n) is 5.67. The molecule has 0 atom stereocenters. The van der Waals surface area contributed by atoms with Crippen LogP contribution in [0, 0.1) is 18.2 Å². The number of carbonyl (C=O) groups excluding carboxylic acids is 1. The van der Waals surface area contributed by atoms with Gasteiger partial charge >= 0.3 is 0 Å². The van der Waals surface area contributed by atoms with E-state index in [2.05, 4.69) is 11.2 Å². The predicted molar refractivity (Wildman–Crippen MR) is 65.8 cm³/mol. The molecule has 0 radical (unpaired) electrons. The SMILES string of the molecule is C#CCCCCNC(=O)Cc1ccccc1F. The van der Waals surface area contributed by atoms with Crippen molar-refractivity contribution in [2.24, 2.45) is 0 Å². The predicted octanol–water partition coefficient (Wildman–Crippen LogP) is 2.29. The summed E-state index contributed by atoms with van der Waals surface area (Å²) in [6.45, 7) is 0.592. The van der Waals surface area contributed by atoms with Gasteiger partial charge in [-0.1, -0.05) is 18.2 Å². The van der Waals surface area contributed by atoms with Gasteiger partial charge in [0.2, 0.25) is 5.91 Å². The number of carbonyl (C=O) groups is 1. The van der Waals surface area contributed by atoms with Gasteiger partial charge in [0.05, 0.1) is 6.42 Å². The number of nitrogens with one attached hydrogen (secondary N) is 1. The van der Waals surface area contributed by atoms with Crippen LogP contribution in [0.4, 0.5) is 4.39 Å². The Kier molecular flexibility index (Phi) is 5.81. The summed E-state index contributed by atoms with van der Waals surface area (Å²) in [5.41, 5.74) is 0.425. The highest BCUT2D eigenvalue weighted by Crippen LogP contribution is 2.06. The molecule has 1 aromatic carbocycles. The first-order valence-corrected chi connectivity index (χ1v) is 5.67. The molecule has 1 N–H and O–H groups in total. The van der Waals surface area contributed by atoms with E-state index in [0.29, 0.717) is 12.1 Å². The van der Waals surface area contributed by atoms with Crippen molar-refractivity contribution in [2.45, 2.75) is 25.7 Å². The maximum absolute atomic E-state index is 13.2. The summed E-state index contributed by atoms with van der Waals surface area (Å²) >= 11 is 0. The summed E-state index contributed by atoms with van der Waals surface area (Å²) in [6, 6.07) is 6.30. The number of amides is 1. The van der Waals surface area contributed by atoms with E-state index in [9.17, 15) is 9.18 Å². The Bertz CT molecular complexity index is 409. The molecule has 0 fully saturated rings. The molecule has 0 aromatic heterocycles. The summed E-state index contributed by atoms with van der Waals surface area (Å²) in [5.74, 6) is 2.05. The molecule has 0 heterocycles. The first kappa shape index (κ1) is 13.2. The fraction of sp³-hybridized carbons (Fsp3) is 0.357. The topological polar surface area (TPSA) is 29.1 Å². The van der Waals surface area contributed by atoms with Gasteiger partial charge in [0.15, 0.2) is 0 Å². The number of terminal acetylenes is 1. The number of benzene rings is 1. The van der Waals surface area contributed by atoms with Crippen molar-refractivity contribution in [2.75, 3.05) is 6.54 Å². The molecule has 2 nitrogen and oxygen atoms in total. The molecule has 17 heavy (non-hydrogen) atoms. The summed E-state index contributed by atoms with van der Waals surface area (Å²) in [5, 5.41) is 2.74. The Balaban J connectivity index is 2.26. The molecule has 0 aliphatic carbocycles. The van der Waals surface area contributed by atoms with Crippen LogP contribution < -0.4 is 5.32 Å². The van der Waals surface area contributed by atoms with E-state index in [1.807, 2.05) is 0 Å². The van der Waals surface area contributed by atoms with Gasteiger partial charge in [0.25, 0.3) is 0 Å². The molecule has 0 unspecified atom stereocenters. The van der Waals surface area contributed by atoms with Crippen LogP contribution in [0.25, 0.3) is 0 Å². The van der Waals surface area contributed by atoms with Crippen molar-refractivity contribution in [1.82, 2.24) is 5.32 Å². The maximum atomic E-state index is 13.2. The second-order valence-corrected chi connectivity index (χ2v) is 3.78. The van der Waals surface area contributed by atoms with Crippen LogP contribution in [-0.2, 0) is 11.2 Å². The van der Waals surface area contributed by atoms with Crippen molar-refractivity contribution in [3.8, 4) is 12.3 Å². The Hall–Kier alpha value is -1.82. The zero-order valence-corrected chi connectivity index (χ0v) is 9.71. The molecular weight excluding hydrogens is 217 g/mol. The Labute approximate surface area is 101 Å². The third-order valence-corrected chi connectivity index (χ3v) is 2.38. The van der Waals surface area contributed by atoms with Crippen LogP contribution in [0.1, 0.15) is 24.8 Å². The zero-order valence-electron chi connectivity index (χ0n) is 9.71. The van der Waals surface area contributed by atoms with Crippen LogP contribution in [0.2, 0.25) is 0 Å². The minimum atomic E-state index is -0.338. The fourth-order valence-corrected chi connectivity index (χ4v) is 1.46. The Morgan fingerprint density at radius 3 is 2.82 bits per heavy atom. The number of hydrogen-bond acceptors (Lipinski definition) is 1. The van der Waals surface area contributed by atoms with Crippen LogP contribution in [-0.4, -0.2) is 12.5 Å². The largest absolute Gasteiger partial charge is 0.356 e. The van der Waals surface area contributed by atoms with Crippen LogP contribution in [0.3, 0.4) is 0 Å². The van der Waals surface area contributed by atoms with Crippen LogP contribution in [0.15, 0.2) is 24.3 Å². The number of rotatable bonds is 6. The molecule has 0 saturated carbocycles. The minimum Gasteiger partial charge on any atom is -0.356 e. The second kappa shape index (κ2) is 7.45. The highest BCUT2D eigenvalue weighted by Gasteiger charge is 2.06. The van der Waals surface area contributed by atoms with E-state index < -0.39 is 0 Å². The quantitative estimate of drug-likeness (QED) is 0.593. The zero-order chi connectivity index (χ0) is 12.5. The first-order chi connectivity index (χ1) is 8.24. The van der Waals surface area contributed by atoms with E-state index in [-0.39, 0.29) is 18.1 Å². The lowest BCUT2D eigenvalue weighted by molar-refractivity contribution is -0.120. The van der Waals surface area contributed by atoms with Gasteiger partial charge in [-0.2, -0.15) is 0 Å². The third-order valence-electron chi connectivity index (χ3n) is 2.38. The van der Waals surface area contributed by atoms with Crippen molar-refractivity contribution >= 4 is 5.91 Å². The standard InChI is InChI=1S/C14H16FNO/c1-2-3-4-7-10-16-14(17)11-12-8-5-6-9-13(12)15/h1,5-6,8-9H,3-4,7,10-11H2,(H,16,17). The molecule has 1 rings (SSSR count). The molecular formula is C14H16FNO. The summed E-state index contributed by atoms with van der Waals surface area (Å²) < 4.78 is 13.2. The van der Waals surface area contributed by atoms with Crippen LogP contribution in [0.5, 0.6) is 0 Å². The van der Waals surface area contributed by atoms with Gasteiger partial charge in [-0.15, -0.1) is 12.3 Å². The van der Waals surface area contributed by atoms with Crippen molar-refractivity contribution in [3.63, 3.8) is 0 Å². The summed E-state index contributed by atoms with van der Waals surface area (Å²) in [7, 11) is 0. The molecule has 0 saturated heterocycles. The van der Waals surface area contributed by atoms with Crippen molar-refractivity contribution in [3.05, 3.63) is 35.6 Å². The van der Waals surface area contributed by atoms with E-state index >= 15 is 0 Å². The number of hydrogen-bond donors (Lipinski definition) is 1. The van der Waals surface area contributed by atoms with Gasteiger partial charge in [-0.25, -0.2) is 4.39 Å². The smallest absolute Gasteiger partial charge is 0.224 e.